The molecule has 114 valence electrons. The van der Waals surface area contributed by atoms with Gasteiger partial charge in [-0.05, 0) is 53.7 Å². The fourth-order valence-electron chi connectivity index (χ4n) is 1.92. The Morgan fingerprint density at radius 2 is 1.83 bits per heavy atom. The summed E-state index contributed by atoms with van der Waals surface area (Å²) in [7, 11) is 0. The quantitative estimate of drug-likeness (QED) is 0.720. The molecule has 0 spiro atoms. The first-order valence-electron chi connectivity index (χ1n) is 6.91. The molecule has 0 aliphatic rings. The van der Waals surface area contributed by atoms with Crippen LogP contribution < -0.4 is 4.74 Å². The number of nitrogens with zero attached hydrogens (tertiary/aromatic N) is 5. The van der Waals surface area contributed by atoms with Gasteiger partial charge in [-0.2, -0.15) is 10.1 Å². The highest BCUT2D eigenvalue weighted by Gasteiger charge is 2.06. The summed E-state index contributed by atoms with van der Waals surface area (Å²) in [6.07, 6.45) is 0. The number of halogens is 1. The Hall–Kier alpha value is -2.91. The predicted molar refractivity (Wildman–Crippen MR) is 84.9 cm³/mol. The molecule has 0 atom stereocenters. The van der Waals surface area contributed by atoms with Crippen molar-refractivity contribution in [1.82, 2.24) is 20.2 Å². The maximum atomic E-state index is 8.74. The molecular formula is C16H12ClN5O. The number of benzene rings is 2. The number of aromatic nitrogens is 4. The van der Waals surface area contributed by atoms with Crippen LogP contribution >= 0.6 is 11.6 Å². The second kappa shape index (κ2) is 6.90. The summed E-state index contributed by atoms with van der Waals surface area (Å²) in [5, 5.41) is 21.7. The number of ether oxygens (including phenoxy) is 1. The van der Waals surface area contributed by atoms with E-state index < -0.39 is 0 Å². The Balaban J connectivity index is 1.56. The largest absolute Gasteiger partial charge is 0.492 e. The summed E-state index contributed by atoms with van der Waals surface area (Å²) >= 11 is 5.85. The summed E-state index contributed by atoms with van der Waals surface area (Å²) in [5.74, 6) is 1.24. The summed E-state index contributed by atoms with van der Waals surface area (Å²) in [6.45, 7) is 0.878. The molecule has 1 heterocycles. The van der Waals surface area contributed by atoms with Gasteiger partial charge in [0.2, 0.25) is 5.82 Å². The molecule has 0 radical (unpaired) electrons. The maximum Gasteiger partial charge on any atom is 0.204 e. The van der Waals surface area contributed by atoms with Gasteiger partial charge in [0.25, 0.3) is 0 Å². The second-order valence-electron chi connectivity index (χ2n) is 4.70. The van der Waals surface area contributed by atoms with Crippen molar-refractivity contribution < 1.29 is 4.74 Å². The average molecular weight is 326 g/mol. The molecule has 1 aromatic heterocycles. The first-order valence-corrected chi connectivity index (χ1v) is 7.29. The molecule has 0 unspecified atom stereocenters. The fraction of sp³-hybridized carbons (Fsp3) is 0.125. The summed E-state index contributed by atoms with van der Waals surface area (Å²) < 4.78 is 5.58. The molecule has 0 saturated carbocycles. The molecule has 0 aliphatic heterocycles. The van der Waals surface area contributed by atoms with Gasteiger partial charge in [0, 0.05) is 10.6 Å². The van der Waals surface area contributed by atoms with E-state index in [2.05, 4.69) is 21.5 Å². The Morgan fingerprint density at radius 1 is 1.09 bits per heavy atom. The number of tetrazole rings is 1. The number of hydrogen-bond acceptors (Lipinski definition) is 5. The molecule has 2 aromatic carbocycles. The van der Waals surface area contributed by atoms with E-state index in [4.69, 9.17) is 21.6 Å². The topological polar surface area (TPSA) is 76.6 Å². The zero-order chi connectivity index (χ0) is 16.1. The summed E-state index contributed by atoms with van der Waals surface area (Å²) in [5.41, 5.74) is 1.46. The van der Waals surface area contributed by atoms with Gasteiger partial charge >= 0.3 is 0 Å². The SMILES string of the molecule is N#Cc1ccc(OCCn2nnc(-c3ccc(Cl)cc3)n2)cc1. The van der Waals surface area contributed by atoms with Gasteiger partial charge in [-0.3, -0.25) is 0 Å². The van der Waals surface area contributed by atoms with Crippen molar-refractivity contribution in [2.75, 3.05) is 6.61 Å². The van der Waals surface area contributed by atoms with Crippen LogP contribution in [0.1, 0.15) is 5.56 Å². The third-order valence-electron chi connectivity index (χ3n) is 3.10. The van der Waals surface area contributed by atoms with E-state index in [-0.39, 0.29) is 0 Å². The minimum Gasteiger partial charge on any atom is -0.492 e. The molecule has 3 rings (SSSR count). The van der Waals surface area contributed by atoms with Gasteiger partial charge in [-0.1, -0.05) is 11.6 Å². The molecule has 0 bridgehead atoms. The van der Waals surface area contributed by atoms with Crippen molar-refractivity contribution >= 4 is 11.6 Å². The van der Waals surface area contributed by atoms with Crippen LogP contribution in [0.2, 0.25) is 5.02 Å². The summed E-state index contributed by atoms with van der Waals surface area (Å²) in [6, 6.07) is 16.2. The Kier molecular flexibility index (Phi) is 4.50. The van der Waals surface area contributed by atoms with E-state index in [1.807, 2.05) is 12.1 Å². The lowest BCUT2D eigenvalue weighted by Gasteiger charge is -2.04. The zero-order valence-electron chi connectivity index (χ0n) is 12.1. The van der Waals surface area contributed by atoms with E-state index >= 15 is 0 Å². The zero-order valence-corrected chi connectivity index (χ0v) is 12.8. The lowest BCUT2D eigenvalue weighted by atomic mass is 10.2. The van der Waals surface area contributed by atoms with Crippen molar-refractivity contribution in [2.24, 2.45) is 0 Å². The summed E-state index contributed by atoms with van der Waals surface area (Å²) in [4.78, 5) is 1.48. The van der Waals surface area contributed by atoms with Crippen molar-refractivity contribution in [3.05, 3.63) is 59.1 Å². The van der Waals surface area contributed by atoms with E-state index in [0.29, 0.717) is 35.3 Å². The minimum atomic E-state index is 0.405. The maximum absolute atomic E-state index is 8.74. The molecular weight excluding hydrogens is 314 g/mol. The van der Waals surface area contributed by atoms with Crippen LogP contribution in [0.25, 0.3) is 11.4 Å². The van der Waals surface area contributed by atoms with Crippen LogP contribution in [0, 0.1) is 11.3 Å². The molecule has 23 heavy (non-hydrogen) atoms. The van der Waals surface area contributed by atoms with Gasteiger partial charge in [0.05, 0.1) is 18.2 Å². The second-order valence-corrected chi connectivity index (χ2v) is 5.14. The molecule has 0 amide bonds. The third kappa shape index (κ3) is 3.84. The molecule has 6 nitrogen and oxygen atoms in total. The van der Waals surface area contributed by atoms with Crippen molar-refractivity contribution in [2.45, 2.75) is 6.54 Å². The van der Waals surface area contributed by atoms with Gasteiger partial charge in [0.1, 0.15) is 12.4 Å². The third-order valence-corrected chi connectivity index (χ3v) is 3.35. The normalized spacial score (nSPS) is 10.3. The first kappa shape index (κ1) is 15.0. The monoisotopic (exact) mass is 325 g/mol. The first-order chi connectivity index (χ1) is 11.2. The lowest BCUT2D eigenvalue weighted by molar-refractivity contribution is 0.280. The van der Waals surface area contributed by atoms with E-state index in [1.54, 1.807) is 36.4 Å². The molecule has 7 heteroatoms. The Morgan fingerprint density at radius 3 is 2.52 bits per heavy atom. The fourth-order valence-corrected chi connectivity index (χ4v) is 2.05. The van der Waals surface area contributed by atoms with Crippen molar-refractivity contribution in [1.29, 1.82) is 5.26 Å². The highest BCUT2D eigenvalue weighted by atomic mass is 35.5. The average Bonchev–Trinajstić information content (AvgIpc) is 3.05. The van der Waals surface area contributed by atoms with Crippen molar-refractivity contribution in [3.8, 4) is 23.2 Å². The molecule has 0 saturated heterocycles. The van der Waals surface area contributed by atoms with Crippen LogP contribution in [-0.2, 0) is 6.54 Å². The number of rotatable bonds is 5. The molecule has 0 aliphatic carbocycles. The smallest absolute Gasteiger partial charge is 0.204 e. The van der Waals surface area contributed by atoms with E-state index in [9.17, 15) is 0 Å². The van der Waals surface area contributed by atoms with Gasteiger partial charge in [-0.25, -0.2) is 0 Å². The van der Waals surface area contributed by atoms with Crippen molar-refractivity contribution in [3.63, 3.8) is 0 Å². The predicted octanol–water partition coefficient (Wildman–Crippen LogP) is 2.94. The van der Waals surface area contributed by atoms with Crippen LogP contribution in [-0.4, -0.2) is 26.8 Å². The Bertz CT molecular complexity index is 821. The van der Waals surface area contributed by atoms with E-state index in [1.165, 1.54) is 4.80 Å². The lowest BCUT2D eigenvalue weighted by Crippen LogP contribution is -2.11. The van der Waals surface area contributed by atoms with Crippen LogP contribution in [0.3, 0.4) is 0 Å². The highest BCUT2D eigenvalue weighted by Crippen LogP contribution is 2.17. The number of nitriles is 1. The Labute approximate surface area is 137 Å². The molecule has 3 aromatic rings. The van der Waals surface area contributed by atoms with E-state index in [0.717, 1.165) is 5.56 Å². The van der Waals surface area contributed by atoms with Gasteiger partial charge < -0.3 is 4.74 Å². The van der Waals surface area contributed by atoms with Gasteiger partial charge in [-0.15, -0.1) is 10.2 Å². The van der Waals surface area contributed by atoms with Gasteiger partial charge in [0.15, 0.2) is 0 Å². The van der Waals surface area contributed by atoms with Crippen LogP contribution in [0.4, 0.5) is 0 Å². The minimum absolute atomic E-state index is 0.405. The standard InChI is InChI=1S/C16H12ClN5O/c17-14-5-3-13(4-6-14)16-19-21-22(20-16)9-10-23-15-7-1-12(11-18)2-8-15/h1-8H,9-10H2. The molecule has 0 fully saturated rings. The van der Waals surface area contributed by atoms with Crippen LogP contribution in [0.15, 0.2) is 48.5 Å². The number of hydrogen-bond donors (Lipinski definition) is 0. The molecule has 0 N–H and O–H groups in total. The highest BCUT2D eigenvalue weighted by molar-refractivity contribution is 6.30. The van der Waals surface area contributed by atoms with Crippen LogP contribution in [0.5, 0.6) is 5.75 Å².